The van der Waals surface area contributed by atoms with Crippen LogP contribution in [0, 0.1) is 0 Å². The number of alkyl halides is 3. The van der Waals surface area contributed by atoms with Gasteiger partial charge in [0.05, 0.1) is 15.5 Å². The predicted molar refractivity (Wildman–Crippen MR) is 79.9 cm³/mol. The van der Waals surface area contributed by atoms with Crippen molar-refractivity contribution in [2.24, 2.45) is 0 Å². The van der Waals surface area contributed by atoms with E-state index in [1.807, 2.05) is 0 Å². The van der Waals surface area contributed by atoms with Crippen LogP contribution in [0.4, 0.5) is 13.2 Å². The van der Waals surface area contributed by atoms with Gasteiger partial charge >= 0.3 is 6.18 Å². The van der Waals surface area contributed by atoms with Gasteiger partial charge in [-0.2, -0.15) is 17.5 Å². The number of rotatable bonds is 6. The lowest BCUT2D eigenvalue weighted by atomic mass is 10.2. The Labute approximate surface area is 137 Å². The Bertz CT molecular complexity index is 674. The average molecular weight is 373 g/mol. The van der Waals surface area contributed by atoms with Crippen molar-refractivity contribution in [2.75, 3.05) is 19.6 Å². The molecule has 1 aromatic carbocycles. The zero-order valence-corrected chi connectivity index (χ0v) is 14.0. The molecule has 0 spiro atoms. The van der Waals surface area contributed by atoms with E-state index in [0.29, 0.717) is 0 Å². The lowest BCUT2D eigenvalue weighted by molar-refractivity contribution is -0.123. The zero-order chi connectivity index (χ0) is 17.8. The van der Waals surface area contributed by atoms with Crippen LogP contribution in [0.3, 0.4) is 0 Å². The molecule has 0 radical (unpaired) electrons. The van der Waals surface area contributed by atoms with Gasteiger partial charge in [-0.05, 0) is 18.2 Å². The van der Waals surface area contributed by atoms with Crippen LogP contribution in [0.5, 0.6) is 0 Å². The van der Waals surface area contributed by atoms with Crippen LogP contribution in [-0.2, 0) is 10.0 Å². The lowest BCUT2D eigenvalue weighted by Gasteiger charge is -2.19. The summed E-state index contributed by atoms with van der Waals surface area (Å²) in [6.07, 6.45) is -4.58. The maximum Gasteiger partial charge on any atom is 0.405 e. The minimum atomic E-state index is -4.58. The summed E-state index contributed by atoms with van der Waals surface area (Å²) in [6.45, 7) is 2.20. The fourth-order valence-electron chi connectivity index (χ4n) is 1.83. The molecule has 0 heterocycles. The van der Waals surface area contributed by atoms with Gasteiger partial charge in [0.2, 0.25) is 10.0 Å². The monoisotopic (exact) mass is 372 g/mol. The van der Waals surface area contributed by atoms with Gasteiger partial charge in [-0.3, -0.25) is 4.79 Å². The summed E-state index contributed by atoms with van der Waals surface area (Å²) in [6, 6.07) is 3.35. The van der Waals surface area contributed by atoms with Crippen molar-refractivity contribution in [1.29, 1.82) is 0 Å². The Morgan fingerprint density at radius 2 is 1.83 bits per heavy atom. The highest BCUT2D eigenvalue weighted by Crippen LogP contribution is 2.23. The molecule has 0 aromatic heterocycles. The number of carbonyl (C=O) groups is 1. The van der Waals surface area contributed by atoms with E-state index in [2.05, 4.69) is 0 Å². The maximum absolute atomic E-state index is 12.4. The second-order valence-electron chi connectivity index (χ2n) is 4.53. The Kier molecular flexibility index (Phi) is 6.43. The van der Waals surface area contributed by atoms with E-state index in [1.54, 1.807) is 19.2 Å². The molecule has 1 amide bonds. The Morgan fingerprint density at radius 3 is 2.30 bits per heavy atom. The van der Waals surface area contributed by atoms with E-state index < -0.39 is 28.7 Å². The first-order valence-electron chi connectivity index (χ1n) is 6.67. The van der Waals surface area contributed by atoms with Crippen LogP contribution >= 0.6 is 11.6 Å². The number of halogens is 4. The highest BCUT2D eigenvalue weighted by atomic mass is 35.5. The normalized spacial score (nSPS) is 12.5. The van der Waals surface area contributed by atoms with Crippen LogP contribution in [0.15, 0.2) is 23.1 Å². The highest BCUT2D eigenvalue weighted by Gasteiger charge is 2.29. The van der Waals surface area contributed by atoms with E-state index in [-0.39, 0.29) is 28.6 Å². The van der Waals surface area contributed by atoms with E-state index in [4.69, 9.17) is 11.6 Å². The molecule has 0 saturated carbocycles. The fourth-order valence-corrected chi connectivity index (χ4v) is 3.52. The minimum absolute atomic E-state index is 0.136. The van der Waals surface area contributed by atoms with E-state index >= 15 is 0 Å². The number of hydrogen-bond donors (Lipinski definition) is 1. The molecule has 0 bridgehead atoms. The summed E-state index contributed by atoms with van der Waals surface area (Å²) < 4.78 is 62.3. The van der Waals surface area contributed by atoms with Crippen LogP contribution in [-0.4, -0.2) is 44.4 Å². The largest absolute Gasteiger partial charge is 0.405 e. The van der Waals surface area contributed by atoms with Crippen molar-refractivity contribution >= 4 is 27.5 Å². The minimum Gasteiger partial charge on any atom is -0.343 e. The molecule has 130 valence electrons. The number of benzene rings is 1. The topological polar surface area (TPSA) is 66.5 Å². The third-order valence-electron chi connectivity index (χ3n) is 2.98. The van der Waals surface area contributed by atoms with Gasteiger partial charge in [-0.1, -0.05) is 25.4 Å². The molecule has 23 heavy (non-hydrogen) atoms. The zero-order valence-electron chi connectivity index (χ0n) is 12.4. The van der Waals surface area contributed by atoms with Crippen molar-refractivity contribution in [3.05, 3.63) is 28.8 Å². The third kappa shape index (κ3) is 5.08. The number of nitrogens with one attached hydrogen (secondary N) is 1. The molecule has 0 saturated heterocycles. The summed E-state index contributed by atoms with van der Waals surface area (Å²) >= 11 is 5.79. The summed E-state index contributed by atoms with van der Waals surface area (Å²) in [5.41, 5.74) is -0.329. The lowest BCUT2D eigenvalue weighted by Crippen LogP contribution is -2.34. The fraction of sp³-hybridized carbons (Fsp3) is 0.462. The highest BCUT2D eigenvalue weighted by molar-refractivity contribution is 7.89. The molecule has 1 aromatic rings. The number of amides is 1. The quantitative estimate of drug-likeness (QED) is 0.834. The summed E-state index contributed by atoms with van der Waals surface area (Å²) in [7, 11) is -3.84. The van der Waals surface area contributed by atoms with Gasteiger partial charge in [-0.15, -0.1) is 0 Å². The van der Waals surface area contributed by atoms with Gasteiger partial charge in [0.1, 0.15) is 6.54 Å². The smallest absolute Gasteiger partial charge is 0.343 e. The predicted octanol–water partition coefficient (Wildman–Crippen LogP) is 2.66. The maximum atomic E-state index is 12.4. The number of hydrogen-bond acceptors (Lipinski definition) is 3. The van der Waals surface area contributed by atoms with Gasteiger partial charge < -0.3 is 5.32 Å². The third-order valence-corrected chi connectivity index (χ3v) is 5.35. The molecule has 1 N–H and O–H groups in total. The number of nitrogens with zero attached hydrogens (tertiary/aromatic N) is 1. The first kappa shape index (κ1) is 19.7. The Hall–Kier alpha value is -1.32. The molecule has 0 unspecified atom stereocenters. The first-order chi connectivity index (χ1) is 10.5. The van der Waals surface area contributed by atoms with Crippen LogP contribution in [0.1, 0.15) is 24.2 Å². The summed E-state index contributed by atoms with van der Waals surface area (Å²) in [4.78, 5) is 11.6. The second-order valence-corrected chi connectivity index (χ2v) is 6.87. The molecule has 0 aliphatic carbocycles. The summed E-state index contributed by atoms with van der Waals surface area (Å²) in [5, 5.41) is 1.52. The van der Waals surface area contributed by atoms with Gasteiger partial charge in [0.15, 0.2) is 0 Å². The van der Waals surface area contributed by atoms with Crippen molar-refractivity contribution in [3.63, 3.8) is 0 Å². The first-order valence-corrected chi connectivity index (χ1v) is 8.49. The van der Waals surface area contributed by atoms with Crippen molar-refractivity contribution in [1.82, 2.24) is 9.62 Å². The number of sulfonamides is 1. The second kappa shape index (κ2) is 7.50. The molecule has 0 atom stereocenters. The van der Waals surface area contributed by atoms with Gasteiger partial charge in [0, 0.05) is 13.1 Å². The average Bonchev–Trinajstić information content (AvgIpc) is 2.45. The molecular weight excluding hydrogens is 357 g/mol. The van der Waals surface area contributed by atoms with Gasteiger partial charge in [0.25, 0.3) is 5.91 Å². The van der Waals surface area contributed by atoms with Crippen LogP contribution in [0.25, 0.3) is 0 Å². The van der Waals surface area contributed by atoms with Crippen molar-refractivity contribution < 1.29 is 26.4 Å². The molecular formula is C13H16ClF3N2O3S. The molecule has 0 fully saturated rings. The molecule has 5 nitrogen and oxygen atoms in total. The standard InChI is InChI=1S/C13H16ClF3N2O3S/c1-3-19(4-2)23(21,22)9-5-6-11(14)10(7-9)12(20)18-8-13(15,16)17/h5-7H,3-4,8H2,1-2H3,(H,18,20). The molecule has 10 heteroatoms. The van der Waals surface area contributed by atoms with Gasteiger partial charge in [-0.25, -0.2) is 8.42 Å². The van der Waals surface area contributed by atoms with E-state index in [1.165, 1.54) is 12.1 Å². The van der Waals surface area contributed by atoms with Crippen LogP contribution < -0.4 is 5.32 Å². The molecule has 0 aliphatic rings. The Morgan fingerprint density at radius 1 is 1.26 bits per heavy atom. The van der Waals surface area contributed by atoms with Crippen LogP contribution in [0.2, 0.25) is 5.02 Å². The Balaban J connectivity index is 3.16. The molecule has 0 aliphatic heterocycles. The van der Waals surface area contributed by atoms with E-state index in [9.17, 15) is 26.4 Å². The van der Waals surface area contributed by atoms with Crippen molar-refractivity contribution in [2.45, 2.75) is 24.9 Å². The number of carbonyl (C=O) groups excluding carboxylic acids is 1. The van der Waals surface area contributed by atoms with E-state index in [0.717, 1.165) is 10.4 Å². The SMILES string of the molecule is CCN(CC)S(=O)(=O)c1ccc(Cl)c(C(=O)NCC(F)(F)F)c1. The summed E-state index contributed by atoms with van der Waals surface area (Å²) in [5.74, 6) is -1.09. The molecule has 1 rings (SSSR count). The van der Waals surface area contributed by atoms with Crippen molar-refractivity contribution in [3.8, 4) is 0 Å².